The quantitative estimate of drug-likeness (QED) is 0.728. The highest BCUT2D eigenvalue weighted by molar-refractivity contribution is 5.79. The number of benzene rings is 1. The minimum absolute atomic E-state index is 0.0453. The van der Waals surface area contributed by atoms with Crippen molar-refractivity contribution in [3.05, 3.63) is 41.1 Å². The zero-order valence-electron chi connectivity index (χ0n) is 12.8. The Bertz CT molecular complexity index is 548. The fourth-order valence-corrected chi connectivity index (χ4v) is 2.28. The minimum Gasteiger partial charge on any atom is -0.361 e. The normalized spacial score (nSPS) is 23.2. The summed E-state index contributed by atoms with van der Waals surface area (Å²) in [6, 6.07) is 6.59. The highest BCUT2D eigenvalue weighted by Gasteiger charge is 2.39. The van der Waals surface area contributed by atoms with Crippen LogP contribution in [0.2, 0.25) is 0 Å². The number of aliphatic imine (C=N–C) groups is 1. The van der Waals surface area contributed by atoms with Gasteiger partial charge in [0.2, 0.25) is 0 Å². The molecule has 2 rings (SSSR count). The number of anilines is 1. The van der Waals surface area contributed by atoms with Crippen molar-refractivity contribution in [1.29, 1.82) is 0 Å². The van der Waals surface area contributed by atoms with Crippen molar-refractivity contribution in [2.24, 2.45) is 4.99 Å². The number of nitrogens with zero attached hydrogens (tertiary/aromatic N) is 1. The van der Waals surface area contributed by atoms with Gasteiger partial charge in [0.15, 0.2) is 0 Å². The molecule has 0 aliphatic carbocycles. The van der Waals surface area contributed by atoms with E-state index in [1.807, 2.05) is 12.4 Å². The first kappa shape index (κ1) is 13.9. The van der Waals surface area contributed by atoms with Crippen LogP contribution in [0.5, 0.6) is 0 Å². The second-order valence-electron chi connectivity index (χ2n) is 6.52. The average molecular weight is 256 g/mol. The molecular formula is C17H24N2. The molecule has 2 heteroatoms. The fourth-order valence-electron chi connectivity index (χ4n) is 2.28. The van der Waals surface area contributed by atoms with E-state index in [2.05, 4.69) is 65.1 Å². The molecule has 1 N–H and O–H groups in total. The van der Waals surface area contributed by atoms with Gasteiger partial charge in [-0.05, 0) is 44.9 Å². The Labute approximate surface area is 116 Å². The van der Waals surface area contributed by atoms with E-state index in [0.29, 0.717) is 0 Å². The van der Waals surface area contributed by atoms with Gasteiger partial charge in [-0.15, -0.1) is 0 Å². The molecular weight excluding hydrogens is 232 g/mol. The second-order valence-corrected chi connectivity index (χ2v) is 6.52. The number of hydrogen-bond donors (Lipinski definition) is 1. The third-order valence-electron chi connectivity index (χ3n) is 4.42. The summed E-state index contributed by atoms with van der Waals surface area (Å²) >= 11 is 0. The van der Waals surface area contributed by atoms with Crippen molar-refractivity contribution in [2.75, 3.05) is 5.32 Å². The predicted octanol–water partition coefficient (Wildman–Crippen LogP) is 4.45. The molecule has 1 aromatic carbocycles. The van der Waals surface area contributed by atoms with Gasteiger partial charge in [-0.2, -0.15) is 0 Å². The summed E-state index contributed by atoms with van der Waals surface area (Å²) in [5, 5.41) is 3.42. The largest absolute Gasteiger partial charge is 0.361 e. The van der Waals surface area contributed by atoms with Crippen molar-refractivity contribution >= 4 is 11.9 Å². The molecule has 0 saturated carbocycles. The van der Waals surface area contributed by atoms with Crippen LogP contribution in [-0.2, 0) is 5.41 Å². The summed E-state index contributed by atoms with van der Waals surface area (Å²) in [5.41, 5.74) is 4.72. The molecule has 19 heavy (non-hydrogen) atoms. The van der Waals surface area contributed by atoms with Crippen molar-refractivity contribution in [2.45, 2.75) is 52.5 Å². The first-order chi connectivity index (χ1) is 8.74. The lowest BCUT2D eigenvalue weighted by Gasteiger charge is -2.40. The number of rotatable bonds is 0. The molecule has 0 radical (unpaired) electrons. The van der Waals surface area contributed by atoms with E-state index in [1.165, 1.54) is 16.8 Å². The first-order valence-electron chi connectivity index (χ1n) is 6.84. The van der Waals surface area contributed by atoms with E-state index in [4.69, 9.17) is 4.99 Å². The van der Waals surface area contributed by atoms with Gasteiger partial charge in [0.05, 0.1) is 5.54 Å². The Morgan fingerprint density at radius 2 is 1.74 bits per heavy atom. The molecule has 1 aromatic rings. The zero-order valence-corrected chi connectivity index (χ0v) is 12.8. The van der Waals surface area contributed by atoms with E-state index < -0.39 is 0 Å². The van der Waals surface area contributed by atoms with Crippen LogP contribution in [0.25, 0.3) is 0 Å². The van der Waals surface area contributed by atoms with E-state index in [0.717, 1.165) is 5.57 Å². The lowest BCUT2D eigenvalue weighted by Crippen LogP contribution is -2.41. The maximum atomic E-state index is 4.80. The maximum Gasteiger partial charge on any atom is 0.0643 e. The van der Waals surface area contributed by atoms with Gasteiger partial charge in [0, 0.05) is 23.5 Å². The third kappa shape index (κ3) is 2.44. The van der Waals surface area contributed by atoms with E-state index in [9.17, 15) is 0 Å². The predicted molar refractivity (Wildman–Crippen MR) is 84.2 cm³/mol. The highest BCUT2D eigenvalue weighted by atomic mass is 14.9. The monoisotopic (exact) mass is 256 g/mol. The number of nitrogens with one attached hydrogen (secondary N) is 1. The molecule has 0 fully saturated rings. The topological polar surface area (TPSA) is 24.4 Å². The summed E-state index contributed by atoms with van der Waals surface area (Å²) < 4.78 is 0. The van der Waals surface area contributed by atoms with Crippen molar-refractivity contribution in [3.63, 3.8) is 0 Å². The highest BCUT2D eigenvalue weighted by Crippen LogP contribution is 2.41. The van der Waals surface area contributed by atoms with Gasteiger partial charge in [-0.1, -0.05) is 31.5 Å². The summed E-state index contributed by atoms with van der Waals surface area (Å²) in [6.07, 6.45) is 3.99. The van der Waals surface area contributed by atoms with Crippen LogP contribution in [0.4, 0.5) is 5.69 Å². The lowest BCUT2D eigenvalue weighted by molar-refractivity contribution is 0.311. The molecule has 1 aliphatic heterocycles. The summed E-state index contributed by atoms with van der Waals surface area (Å²) in [7, 11) is 0. The van der Waals surface area contributed by atoms with Crippen molar-refractivity contribution in [3.8, 4) is 0 Å². The Hall–Kier alpha value is -1.57. The van der Waals surface area contributed by atoms with Gasteiger partial charge in [-0.25, -0.2) is 0 Å². The molecule has 0 spiro atoms. The third-order valence-corrected chi connectivity index (χ3v) is 4.42. The molecule has 1 heterocycles. The fraction of sp³-hybridized carbons (Fsp3) is 0.471. The van der Waals surface area contributed by atoms with Gasteiger partial charge in [0.25, 0.3) is 0 Å². The SMILES string of the molecule is C/C1=C/Nc2ccc(C)cc2C(C)(C)C(C)(C)N=C1. The van der Waals surface area contributed by atoms with Crippen LogP contribution in [0.3, 0.4) is 0 Å². The Kier molecular flexibility index (Phi) is 3.29. The van der Waals surface area contributed by atoms with Crippen LogP contribution in [0.15, 0.2) is 35.0 Å². The average Bonchev–Trinajstić information content (AvgIpc) is 2.36. The molecule has 0 aromatic heterocycles. The Morgan fingerprint density at radius 1 is 1.05 bits per heavy atom. The Morgan fingerprint density at radius 3 is 2.42 bits per heavy atom. The molecule has 0 unspecified atom stereocenters. The van der Waals surface area contributed by atoms with Crippen LogP contribution in [0, 0.1) is 6.92 Å². The molecule has 0 bridgehead atoms. The molecule has 1 aliphatic rings. The van der Waals surface area contributed by atoms with Crippen LogP contribution < -0.4 is 5.32 Å². The van der Waals surface area contributed by atoms with Crippen LogP contribution >= 0.6 is 0 Å². The van der Waals surface area contributed by atoms with Gasteiger partial charge in [0.1, 0.15) is 0 Å². The second kappa shape index (κ2) is 4.52. The standard InChI is InChI=1S/C17H24N2/c1-12-7-8-15-14(9-12)16(3,4)17(5,6)19-11-13(2)10-18-15/h7-11,18H,1-6H3/b13-10-,19-11?. The van der Waals surface area contributed by atoms with Gasteiger partial charge in [-0.3, -0.25) is 4.99 Å². The molecule has 2 nitrogen and oxygen atoms in total. The van der Waals surface area contributed by atoms with E-state index >= 15 is 0 Å². The smallest absolute Gasteiger partial charge is 0.0643 e. The van der Waals surface area contributed by atoms with Gasteiger partial charge >= 0.3 is 0 Å². The van der Waals surface area contributed by atoms with Crippen LogP contribution in [-0.4, -0.2) is 11.8 Å². The lowest BCUT2D eigenvalue weighted by atomic mass is 9.69. The first-order valence-corrected chi connectivity index (χ1v) is 6.84. The molecule has 0 saturated heterocycles. The number of hydrogen-bond acceptors (Lipinski definition) is 2. The Balaban J connectivity index is 2.69. The van der Waals surface area contributed by atoms with Crippen molar-refractivity contribution < 1.29 is 0 Å². The van der Waals surface area contributed by atoms with E-state index in [1.54, 1.807) is 0 Å². The summed E-state index contributed by atoms with van der Waals surface area (Å²) in [5.74, 6) is 0. The zero-order chi connectivity index (χ0) is 14.3. The van der Waals surface area contributed by atoms with Crippen molar-refractivity contribution in [1.82, 2.24) is 0 Å². The van der Waals surface area contributed by atoms with Gasteiger partial charge < -0.3 is 5.32 Å². The molecule has 0 atom stereocenters. The van der Waals surface area contributed by atoms with E-state index in [-0.39, 0.29) is 11.0 Å². The summed E-state index contributed by atoms with van der Waals surface area (Å²) in [6.45, 7) is 13.2. The minimum atomic E-state index is -0.156. The van der Waals surface area contributed by atoms with Crippen LogP contribution in [0.1, 0.15) is 45.7 Å². The number of fused-ring (bicyclic) bond motifs is 1. The summed E-state index contributed by atoms with van der Waals surface area (Å²) in [4.78, 5) is 4.80. The number of allylic oxidation sites excluding steroid dienone is 1. The maximum absolute atomic E-state index is 4.80. The number of aryl methyl sites for hydroxylation is 1. The molecule has 0 amide bonds. The molecule has 102 valence electrons.